The van der Waals surface area contributed by atoms with Crippen LogP contribution >= 0.6 is 0 Å². The van der Waals surface area contributed by atoms with Gasteiger partial charge < -0.3 is 15.4 Å². The first-order valence-corrected chi connectivity index (χ1v) is 5.63. The Morgan fingerprint density at radius 1 is 1.61 bits per heavy atom. The molecule has 6 nitrogen and oxygen atoms in total. The fourth-order valence-corrected chi connectivity index (χ4v) is 2.06. The Labute approximate surface area is 105 Å². The predicted molar refractivity (Wildman–Crippen MR) is 65.2 cm³/mol. The number of aryl methyl sites for hydroxylation is 1. The second-order valence-electron chi connectivity index (χ2n) is 4.33. The number of nitrogens with two attached hydrogens (primary N) is 1. The van der Waals surface area contributed by atoms with Crippen LogP contribution in [0, 0.1) is 12.8 Å². The lowest BCUT2D eigenvalue weighted by molar-refractivity contribution is -0.123. The van der Waals surface area contributed by atoms with Gasteiger partial charge in [-0.25, -0.2) is 4.98 Å². The van der Waals surface area contributed by atoms with E-state index in [0.717, 1.165) is 5.56 Å². The molecule has 1 saturated heterocycles. The summed E-state index contributed by atoms with van der Waals surface area (Å²) >= 11 is 0. The molecule has 0 saturated carbocycles. The Bertz CT molecular complexity index is 501. The van der Waals surface area contributed by atoms with E-state index in [1.165, 1.54) is 4.90 Å². The fourth-order valence-electron chi connectivity index (χ4n) is 2.06. The second kappa shape index (κ2) is 4.64. The van der Waals surface area contributed by atoms with Crippen LogP contribution in [0.1, 0.15) is 12.0 Å². The van der Waals surface area contributed by atoms with Gasteiger partial charge in [-0.15, -0.1) is 0 Å². The van der Waals surface area contributed by atoms with Gasteiger partial charge in [-0.05, 0) is 13.0 Å². The van der Waals surface area contributed by atoms with Crippen molar-refractivity contribution in [1.29, 1.82) is 0 Å². The summed E-state index contributed by atoms with van der Waals surface area (Å²) in [6.07, 6.45) is 1.73. The van der Waals surface area contributed by atoms with Crippen LogP contribution in [0.3, 0.4) is 0 Å². The minimum atomic E-state index is -0.441. The molecule has 2 rings (SSSR count). The van der Waals surface area contributed by atoms with E-state index in [1.807, 2.05) is 13.0 Å². The molecule has 96 valence electrons. The second-order valence-corrected chi connectivity index (χ2v) is 4.33. The molecule has 1 aliphatic rings. The molecule has 0 bridgehead atoms. The minimum Gasteiger partial charge on any atom is -0.481 e. The Balaban J connectivity index is 2.24. The minimum absolute atomic E-state index is 0.106. The molecule has 18 heavy (non-hydrogen) atoms. The number of methoxy groups -OCH3 is 1. The molecule has 1 aromatic heterocycles. The summed E-state index contributed by atoms with van der Waals surface area (Å²) in [4.78, 5) is 28.6. The van der Waals surface area contributed by atoms with Crippen molar-refractivity contribution in [2.75, 3.05) is 18.6 Å². The van der Waals surface area contributed by atoms with Crippen LogP contribution in [0.2, 0.25) is 0 Å². The van der Waals surface area contributed by atoms with Gasteiger partial charge in [0.15, 0.2) is 0 Å². The van der Waals surface area contributed by atoms with Crippen LogP contribution in [0.5, 0.6) is 5.88 Å². The smallest absolute Gasteiger partial charge is 0.227 e. The lowest BCUT2D eigenvalue weighted by Gasteiger charge is -2.17. The van der Waals surface area contributed by atoms with Gasteiger partial charge in [0, 0.05) is 18.5 Å². The van der Waals surface area contributed by atoms with E-state index in [-0.39, 0.29) is 12.3 Å². The monoisotopic (exact) mass is 249 g/mol. The lowest BCUT2D eigenvalue weighted by atomic mass is 10.1. The van der Waals surface area contributed by atoms with Gasteiger partial charge in [-0.1, -0.05) is 0 Å². The highest BCUT2D eigenvalue weighted by Crippen LogP contribution is 2.27. The molecule has 0 spiro atoms. The fraction of sp³-hybridized carbons (Fsp3) is 0.417. The molecule has 0 radical (unpaired) electrons. The summed E-state index contributed by atoms with van der Waals surface area (Å²) in [7, 11) is 1.54. The number of hydrogen-bond donors (Lipinski definition) is 1. The van der Waals surface area contributed by atoms with Gasteiger partial charge in [0.25, 0.3) is 0 Å². The number of rotatable bonds is 3. The van der Waals surface area contributed by atoms with Gasteiger partial charge in [-0.3, -0.25) is 9.59 Å². The number of aromatic nitrogens is 1. The zero-order valence-corrected chi connectivity index (χ0v) is 10.3. The number of hydrogen-bond acceptors (Lipinski definition) is 4. The third kappa shape index (κ3) is 2.13. The summed E-state index contributed by atoms with van der Waals surface area (Å²) in [5.41, 5.74) is 6.73. The van der Waals surface area contributed by atoms with Crippen LogP contribution in [0.25, 0.3) is 0 Å². The Morgan fingerprint density at radius 3 is 2.83 bits per heavy atom. The van der Waals surface area contributed by atoms with Crippen LogP contribution in [-0.2, 0) is 9.59 Å². The maximum absolute atomic E-state index is 11.8. The van der Waals surface area contributed by atoms with Crippen LogP contribution < -0.4 is 15.4 Å². The standard InChI is InChI=1S/C12H15N3O3/c1-7-3-9(5-14-12(7)18-2)15-6-8(11(13)17)4-10(15)16/h3,5,8H,4,6H2,1-2H3,(H2,13,17). The maximum atomic E-state index is 11.8. The van der Waals surface area contributed by atoms with Gasteiger partial charge >= 0.3 is 0 Å². The van der Waals surface area contributed by atoms with Crippen LogP contribution in [0.4, 0.5) is 5.69 Å². The number of carbonyl (C=O) groups is 2. The van der Waals surface area contributed by atoms with Gasteiger partial charge in [-0.2, -0.15) is 0 Å². The van der Waals surface area contributed by atoms with Crippen molar-refractivity contribution in [3.63, 3.8) is 0 Å². The van der Waals surface area contributed by atoms with E-state index in [2.05, 4.69) is 4.98 Å². The number of pyridine rings is 1. The van der Waals surface area contributed by atoms with Crippen molar-refractivity contribution in [2.45, 2.75) is 13.3 Å². The summed E-state index contributed by atoms with van der Waals surface area (Å²) in [6.45, 7) is 2.17. The molecule has 1 fully saturated rings. The number of primary amides is 1. The van der Waals surface area contributed by atoms with Gasteiger partial charge in [0.1, 0.15) is 0 Å². The Morgan fingerprint density at radius 2 is 2.33 bits per heavy atom. The lowest BCUT2D eigenvalue weighted by Crippen LogP contribution is -2.28. The number of carbonyl (C=O) groups excluding carboxylic acids is 2. The highest BCUT2D eigenvalue weighted by atomic mass is 16.5. The largest absolute Gasteiger partial charge is 0.481 e. The SMILES string of the molecule is COc1ncc(N2CC(C(N)=O)CC2=O)cc1C. The van der Waals surface area contributed by atoms with E-state index >= 15 is 0 Å². The van der Waals surface area contributed by atoms with Gasteiger partial charge in [0.05, 0.1) is 24.9 Å². The molecule has 0 aliphatic carbocycles. The molecule has 1 aliphatic heterocycles. The molecule has 1 unspecified atom stereocenters. The highest BCUT2D eigenvalue weighted by Gasteiger charge is 2.34. The average molecular weight is 249 g/mol. The summed E-state index contributed by atoms with van der Waals surface area (Å²) in [6, 6.07) is 1.81. The Hall–Kier alpha value is -2.11. The molecule has 2 heterocycles. The molecule has 0 aromatic carbocycles. The first-order chi connectivity index (χ1) is 8.52. The molecular formula is C12H15N3O3. The van der Waals surface area contributed by atoms with E-state index < -0.39 is 11.8 Å². The highest BCUT2D eigenvalue weighted by molar-refractivity contribution is 6.00. The molecule has 2 amide bonds. The summed E-state index contributed by atoms with van der Waals surface area (Å²) in [5.74, 6) is -0.439. The van der Waals surface area contributed by atoms with Crippen molar-refractivity contribution >= 4 is 17.5 Å². The molecule has 2 N–H and O–H groups in total. The van der Waals surface area contributed by atoms with Crippen molar-refractivity contribution in [2.24, 2.45) is 11.7 Å². The Kier molecular flexibility index (Phi) is 3.18. The van der Waals surface area contributed by atoms with E-state index in [9.17, 15) is 9.59 Å². The third-order valence-corrected chi connectivity index (χ3v) is 3.05. The van der Waals surface area contributed by atoms with Crippen molar-refractivity contribution in [3.05, 3.63) is 17.8 Å². The normalized spacial score (nSPS) is 19.1. The van der Waals surface area contributed by atoms with E-state index in [4.69, 9.17) is 10.5 Å². The van der Waals surface area contributed by atoms with Crippen molar-refractivity contribution < 1.29 is 14.3 Å². The third-order valence-electron chi connectivity index (χ3n) is 3.05. The number of nitrogens with zero attached hydrogens (tertiary/aromatic N) is 2. The molecule has 1 atom stereocenters. The van der Waals surface area contributed by atoms with Crippen molar-refractivity contribution in [3.8, 4) is 5.88 Å². The van der Waals surface area contributed by atoms with Gasteiger partial charge in [0.2, 0.25) is 17.7 Å². The molecule has 6 heteroatoms. The van der Waals surface area contributed by atoms with E-state index in [0.29, 0.717) is 18.1 Å². The average Bonchev–Trinajstić information content (AvgIpc) is 2.71. The first-order valence-electron chi connectivity index (χ1n) is 5.63. The van der Waals surface area contributed by atoms with Crippen molar-refractivity contribution in [1.82, 2.24) is 4.98 Å². The number of anilines is 1. The zero-order valence-electron chi connectivity index (χ0n) is 10.3. The van der Waals surface area contributed by atoms with Crippen LogP contribution in [-0.4, -0.2) is 30.5 Å². The first kappa shape index (κ1) is 12.3. The predicted octanol–water partition coefficient (Wildman–Crippen LogP) is 0.237. The van der Waals surface area contributed by atoms with Crippen LogP contribution in [0.15, 0.2) is 12.3 Å². The summed E-state index contributed by atoms with van der Waals surface area (Å²) < 4.78 is 5.06. The molecule has 1 aromatic rings. The number of ether oxygens (including phenoxy) is 1. The maximum Gasteiger partial charge on any atom is 0.227 e. The topological polar surface area (TPSA) is 85.5 Å². The zero-order chi connectivity index (χ0) is 13.3. The number of amides is 2. The summed E-state index contributed by atoms with van der Waals surface area (Å²) in [5, 5.41) is 0. The quantitative estimate of drug-likeness (QED) is 0.831. The molecular weight excluding hydrogens is 234 g/mol. The van der Waals surface area contributed by atoms with E-state index in [1.54, 1.807) is 13.3 Å².